The number of aliphatic carboxylic acids is 1. The van der Waals surface area contributed by atoms with E-state index in [9.17, 15) is 4.79 Å². The number of benzene rings is 1. The van der Waals surface area contributed by atoms with Crippen LogP contribution in [0.4, 0.5) is 0 Å². The summed E-state index contributed by atoms with van der Waals surface area (Å²) in [5.74, 6) is -0.908. The second kappa shape index (κ2) is 3.93. The molecule has 1 aromatic rings. The summed E-state index contributed by atoms with van der Waals surface area (Å²) in [5.41, 5.74) is -0.0461. The normalized spacial score (nSPS) is 27.9. The molecule has 0 radical (unpaired) electrons. The van der Waals surface area contributed by atoms with Crippen LogP contribution in [0.3, 0.4) is 0 Å². The molecule has 2 rings (SSSR count). The van der Waals surface area contributed by atoms with Crippen LogP contribution < -0.4 is 0 Å². The Hall–Kier alpha value is -1.90. The monoisotopic (exact) mass is 215 g/mol. The smallest absolute Gasteiger partial charge is 0.332 e. The van der Waals surface area contributed by atoms with Gasteiger partial charge < -0.3 is 5.11 Å². The fourth-order valence-corrected chi connectivity index (χ4v) is 1.73. The van der Waals surface area contributed by atoms with Gasteiger partial charge in [0, 0.05) is 12.1 Å². The Labute approximate surface area is 94.1 Å². The summed E-state index contributed by atoms with van der Waals surface area (Å²) in [4.78, 5) is 15.3. The zero-order valence-electron chi connectivity index (χ0n) is 8.84. The van der Waals surface area contributed by atoms with Crippen LogP contribution in [-0.4, -0.2) is 22.8 Å². The summed E-state index contributed by atoms with van der Waals surface area (Å²) in [7, 11) is 0. The summed E-state index contributed by atoms with van der Waals surface area (Å²) in [6.45, 7) is 3.62. The number of hydrogen-bond acceptors (Lipinski definition) is 2. The Bertz CT molecular complexity index is 439. The highest BCUT2D eigenvalue weighted by atomic mass is 16.4. The van der Waals surface area contributed by atoms with E-state index in [-0.39, 0.29) is 5.92 Å². The molecule has 1 N–H and O–H groups in total. The molecule has 0 unspecified atom stereocenters. The number of rotatable bonds is 4. The van der Waals surface area contributed by atoms with E-state index >= 15 is 0 Å². The van der Waals surface area contributed by atoms with Crippen LogP contribution in [0.25, 0.3) is 0 Å². The van der Waals surface area contributed by atoms with Gasteiger partial charge in [-0.05, 0) is 12.0 Å². The van der Waals surface area contributed by atoms with Gasteiger partial charge in [-0.3, -0.25) is 4.99 Å². The molecule has 2 atom stereocenters. The van der Waals surface area contributed by atoms with Crippen LogP contribution >= 0.6 is 0 Å². The van der Waals surface area contributed by atoms with Gasteiger partial charge in [0.25, 0.3) is 0 Å². The Morgan fingerprint density at radius 3 is 2.69 bits per heavy atom. The van der Waals surface area contributed by atoms with Gasteiger partial charge in [-0.2, -0.15) is 0 Å². The molecule has 82 valence electrons. The van der Waals surface area contributed by atoms with Gasteiger partial charge >= 0.3 is 5.97 Å². The van der Waals surface area contributed by atoms with Crippen LogP contribution in [0.1, 0.15) is 12.0 Å². The van der Waals surface area contributed by atoms with Gasteiger partial charge in [-0.25, -0.2) is 4.79 Å². The summed E-state index contributed by atoms with van der Waals surface area (Å²) in [6.07, 6.45) is 3.84. The third kappa shape index (κ3) is 1.76. The largest absolute Gasteiger partial charge is 0.479 e. The number of nitrogens with zero attached hydrogens (tertiary/aromatic N) is 1. The second-order valence-corrected chi connectivity index (χ2v) is 3.94. The van der Waals surface area contributed by atoms with Crippen molar-refractivity contribution in [3.63, 3.8) is 0 Å². The zero-order chi connectivity index (χ0) is 11.6. The van der Waals surface area contributed by atoms with Crippen LogP contribution in [-0.2, 0) is 4.79 Å². The van der Waals surface area contributed by atoms with Crippen molar-refractivity contribution in [1.29, 1.82) is 0 Å². The van der Waals surface area contributed by atoms with E-state index in [1.807, 2.05) is 30.3 Å². The standard InChI is InChI=1S/C13H13NO2/c1-2-11-8-13(11,12(15)16)14-9-10-6-4-3-5-7-10/h2-7,9,11H,1,8H2,(H,15,16)/t11-,13-/m0/s1. The molecule has 3 heteroatoms. The molecule has 1 saturated carbocycles. The van der Waals surface area contributed by atoms with Gasteiger partial charge in [0.2, 0.25) is 0 Å². The van der Waals surface area contributed by atoms with Gasteiger partial charge in [0.1, 0.15) is 0 Å². The average molecular weight is 215 g/mol. The number of carboxylic acids is 1. The molecule has 1 aliphatic rings. The van der Waals surface area contributed by atoms with Gasteiger partial charge in [-0.15, -0.1) is 6.58 Å². The highest BCUT2D eigenvalue weighted by Crippen LogP contribution is 2.48. The lowest BCUT2D eigenvalue weighted by Gasteiger charge is -2.03. The number of carboxylic acid groups (broad SMARTS) is 1. The van der Waals surface area contributed by atoms with Crippen molar-refractivity contribution in [3.8, 4) is 0 Å². The van der Waals surface area contributed by atoms with Crippen molar-refractivity contribution in [1.82, 2.24) is 0 Å². The quantitative estimate of drug-likeness (QED) is 0.618. The fraction of sp³-hybridized carbons (Fsp3) is 0.231. The SMILES string of the molecule is C=C[C@H]1C[C@@]1(N=Cc1ccccc1)C(=O)O. The summed E-state index contributed by atoms with van der Waals surface area (Å²) in [5, 5.41) is 9.12. The summed E-state index contributed by atoms with van der Waals surface area (Å²) < 4.78 is 0. The van der Waals surface area contributed by atoms with Crippen molar-refractivity contribution in [3.05, 3.63) is 48.6 Å². The maximum atomic E-state index is 11.1. The molecule has 0 aromatic heterocycles. The molecular formula is C13H13NO2. The minimum absolute atomic E-state index is 0.0371. The lowest BCUT2D eigenvalue weighted by Crippen LogP contribution is -2.22. The minimum Gasteiger partial charge on any atom is -0.479 e. The minimum atomic E-state index is -0.961. The van der Waals surface area contributed by atoms with Crippen LogP contribution in [0.15, 0.2) is 48.0 Å². The number of carbonyl (C=O) groups is 1. The van der Waals surface area contributed by atoms with Gasteiger partial charge in [-0.1, -0.05) is 36.4 Å². The highest BCUT2D eigenvalue weighted by Gasteiger charge is 2.59. The number of hydrogen-bond donors (Lipinski definition) is 1. The molecule has 0 amide bonds. The molecule has 3 nitrogen and oxygen atoms in total. The van der Waals surface area contributed by atoms with E-state index in [2.05, 4.69) is 11.6 Å². The lowest BCUT2D eigenvalue weighted by atomic mass is 10.2. The predicted molar refractivity (Wildman–Crippen MR) is 62.7 cm³/mol. The number of aliphatic imine (C=N–C) groups is 1. The van der Waals surface area contributed by atoms with Crippen molar-refractivity contribution >= 4 is 12.2 Å². The maximum Gasteiger partial charge on any atom is 0.332 e. The Morgan fingerprint density at radius 1 is 1.50 bits per heavy atom. The topological polar surface area (TPSA) is 49.7 Å². The summed E-state index contributed by atoms with van der Waals surface area (Å²) >= 11 is 0. The van der Waals surface area contributed by atoms with Crippen LogP contribution in [0.5, 0.6) is 0 Å². The highest BCUT2D eigenvalue weighted by molar-refractivity contribution is 5.89. The molecule has 1 aromatic carbocycles. The third-order valence-electron chi connectivity index (χ3n) is 2.88. The lowest BCUT2D eigenvalue weighted by molar-refractivity contribution is -0.139. The molecule has 0 aliphatic heterocycles. The van der Waals surface area contributed by atoms with Crippen molar-refractivity contribution in [2.45, 2.75) is 12.0 Å². The van der Waals surface area contributed by atoms with Gasteiger partial charge in [0.05, 0.1) is 0 Å². The first-order valence-electron chi connectivity index (χ1n) is 5.15. The van der Waals surface area contributed by atoms with Crippen molar-refractivity contribution in [2.24, 2.45) is 10.9 Å². The van der Waals surface area contributed by atoms with E-state index in [4.69, 9.17) is 5.11 Å². The molecule has 0 heterocycles. The van der Waals surface area contributed by atoms with E-state index in [0.717, 1.165) is 5.56 Å². The first-order valence-corrected chi connectivity index (χ1v) is 5.15. The zero-order valence-corrected chi connectivity index (χ0v) is 8.84. The molecule has 1 aliphatic carbocycles. The fourth-order valence-electron chi connectivity index (χ4n) is 1.73. The summed E-state index contributed by atoms with van der Waals surface area (Å²) in [6, 6.07) is 9.49. The van der Waals surface area contributed by atoms with E-state index in [1.54, 1.807) is 12.3 Å². The molecule has 0 saturated heterocycles. The first kappa shape index (κ1) is 10.6. The maximum absolute atomic E-state index is 11.1. The Morgan fingerprint density at radius 2 is 2.19 bits per heavy atom. The van der Waals surface area contributed by atoms with Gasteiger partial charge in [0.15, 0.2) is 5.54 Å². The second-order valence-electron chi connectivity index (χ2n) is 3.94. The molecule has 1 fully saturated rings. The van der Waals surface area contributed by atoms with E-state index < -0.39 is 11.5 Å². The van der Waals surface area contributed by atoms with Crippen molar-refractivity contribution < 1.29 is 9.90 Å². The Balaban J connectivity index is 2.18. The predicted octanol–water partition coefficient (Wildman–Crippen LogP) is 2.13. The van der Waals surface area contributed by atoms with Crippen molar-refractivity contribution in [2.75, 3.05) is 0 Å². The van der Waals surface area contributed by atoms with E-state index in [0.29, 0.717) is 6.42 Å². The third-order valence-corrected chi connectivity index (χ3v) is 2.88. The first-order chi connectivity index (χ1) is 7.69. The molecule has 0 spiro atoms. The molecule has 0 bridgehead atoms. The Kier molecular flexibility index (Phi) is 2.60. The van der Waals surface area contributed by atoms with Crippen LogP contribution in [0.2, 0.25) is 0 Å². The van der Waals surface area contributed by atoms with Crippen LogP contribution in [0, 0.1) is 5.92 Å². The average Bonchev–Trinajstić information content (AvgIpc) is 3.03. The molecular weight excluding hydrogens is 202 g/mol. The van der Waals surface area contributed by atoms with E-state index in [1.165, 1.54) is 0 Å². The molecule has 16 heavy (non-hydrogen) atoms.